The topological polar surface area (TPSA) is 42.2 Å². The Bertz CT molecular complexity index is 188. The van der Waals surface area contributed by atoms with Crippen LogP contribution >= 0.6 is 0 Å². The van der Waals surface area contributed by atoms with Crippen LogP contribution in [0.5, 0.6) is 0 Å². The Balaban J connectivity index is 3.70. The molecule has 3 nitrogen and oxygen atoms in total. The fourth-order valence-corrected chi connectivity index (χ4v) is 2.79. The average molecular weight is 241 g/mol. The molecule has 2 radical (unpaired) electrons. The fourth-order valence-electron chi connectivity index (χ4n) is 1.47. The zero-order chi connectivity index (χ0) is 12.2. The van der Waals surface area contributed by atoms with Crippen LogP contribution in [0.2, 0.25) is 6.04 Å². The van der Waals surface area contributed by atoms with Crippen LogP contribution in [0, 0.1) is 17.2 Å². The van der Waals surface area contributed by atoms with E-state index in [0.29, 0.717) is 22.7 Å². The van der Waals surface area contributed by atoms with Crippen molar-refractivity contribution in [2.24, 2.45) is 5.92 Å². The second-order valence-electron chi connectivity index (χ2n) is 3.60. The summed E-state index contributed by atoms with van der Waals surface area (Å²) in [5, 5.41) is 8.92. The van der Waals surface area contributed by atoms with Gasteiger partial charge in [-0.3, -0.25) is 0 Å². The third kappa shape index (κ3) is 7.86. The van der Waals surface area contributed by atoms with Gasteiger partial charge in [0.25, 0.3) is 0 Å². The molecule has 16 heavy (non-hydrogen) atoms. The number of hydrogen-bond donors (Lipinski definition) is 0. The maximum absolute atomic E-state index is 8.92. The van der Waals surface area contributed by atoms with Crippen molar-refractivity contribution in [3.63, 3.8) is 0 Å². The van der Waals surface area contributed by atoms with Crippen LogP contribution in [0.4, 0.5) is 0 Å². The van der Waals surface area contributed by atoms with Crippen LogP contribution in [0.25, 0.3) is 0 Å². The lowest BCUT2D eigenvalue weighted by atomic mass is 10.0. The van der Waals surface area contributed by atoms with Crippen molar-refractivity contribution in [1.82, 2.24) is 0 Å². The lowest BCUT2D eigenvalue weighted by Crippen LogP contribution is -2.24. The van der Waals surface area contributed by atoms with E-state index in [-0.39, 0.29) is 11.8 Å². The maximum atomic E-state index is 8.92. The summed E-state index contributed by atoms with van der Waals surface area (Å²) in [5.41, 5.74) is 0. The normalized spacial score (nSPS) is 12.7. The Kier molecular flexibility index (Phi) is 10.9. The minimum atomic E-state index is -0.0593. The van der Waals surface area contributed by atoms with Gasteiger partial charge in [0.1, 0.15) is 15.4 Å². The molecule has 0 aliphatic rings. The van der Waals surface area contributed by atoms with Crippen molar-refractivity contribution in [2.75, 3.05) is 13.2 Å². The zero-order valence-corrected chi connectivity index (χ0v) is 11.7. The van der Waals surface area contributed by atoms with Crippen molar-refractivity contribution >= 4 is 9.52 Å². The fraction of sp³-hybridized carbons (Fsp3) is 0.917. The van der Waals surface area contributed by atoms with E-state index in [1.165, 1.54) is 0 Å². The van der Waals surface area contributed by atoms with Gasteiger partial charge in [-0.05, 0) is 26.7 Å². The molecule has 0 saturated carbocycles. The summed E-state index contributed by atoms with van der Waals surface area (Å²) in [5.74, 6) is 0.150. The first-order valence-corrected chi connectivity index (χ1v) is 7.43. The number of nitriles is 1. The first-order valence-electron chi connectivity index (χ1n) is 6.14. The number of ether oxygens (including phenoxy) is 2. The molecule has 0 aliphatic carbocycles. The zero-order valence-electron chi connectivity index (χ0n) is 10.7. The van der Waals surface area contributed by atoms with Gasteiger partial charge in [-0.2, -0.15) is 5.26 Å². The maximum Gasteiger partial charge on any atom is 0.137 e. The van der Waals surface area contributed by atoms with Crippen LogP contribution in [0.3, 0.4) is 0 Å². The largest absolute Gasteiger partial charge is 0.357 e. The molecule has 1 unspecified atom stereocenters. The molecule has 0 aromatic carbocycles. The molecule has 0 rings (SSSR count). The Hall–Kier alpha value is -0.373. The van der Waals surface area contributed by atoms with Crippen LogP contribution in [0.15, 0.2) is 0 Å². The van der Waals surface area contributed by atoms with Gasteiger partial charge >= 0.3 is 0 Å². The molecular formula is C12H23NO2Si. The van der Waals surface area contributed by atoms with Gasteiger partial charge in [0, 0.05) is 19.1 Å². The van der Waals surface area contributed by atoms with Gasteiger partial charge < -0.3 is 9.47 Å². The third-order valence-electron chi connectivity index (χ3n) is 2.26. The highest BCUT2D eigenvalue weighted by atomic mass is 28.2. The van der Waals surface area contributed by atoms with Crippen molar-refractivity contribution in [3.8, 4) is 6.07 Å². The molecule has 0 spiro atoms. The lowest BCUT2D eigenvalue weighted by Gasteiger charge is -2.16. The second kappa shape index (κ2) is 11.1. The van der Waals surface area contributed by atoms with E-state index >= 15 is 0 Å². The SMILES string of the molecule is CCCC(C#N)CC[Si]C(OCC)OCC. The Labute approximate surface area is 102 Å². The molecule has 0 aromatic rings. The summed E-state index contributed by atoms with van der Waals surface area (Å²) in [7, 11) is 0.642. The highest BCUT2D eigenvalue weighted by Gasteiger charge is 2.11. The molecule has 0 aromatic heterocycles. The Morgan fingerprint density at radius 3 is 2.19 bits per heavy atom. The summed E-state index contributed by atoms with van der Waals surface area (Å²) in [4.78, 5) is 0. The molecule has 0 fully saturated rings. The van der Waals surface area contributed by atoms with E-state index in [2.05, 4.69) is 13.0 Å². The monoisotopic (exact) mass is 241 g/mol. The minimum Gasteiger partial charge on any atom is -0.357 e. The van der Waals surface area contributed by atoms with E-state index in [9.17, 15) is 0 Å². The molecule has 0 saturated heterocycles. The van der Waals surface area contributed by atoms with Crippen molar-refractivity contribution in [3.05, 3.63) is 0 Å². The molecule has 4 heteroatoms. The van der Waals surface area contributed by atoms with Gasteiger partial charge in [0.05, 0.1) is 6.07 Å². The summed E-state index contributed by atoms with van der Waals surface area (Å²) in [6.45, 7) is 7.45. The van der Waals surface area contributed by atoms with Crippen LogP contribution in [-0.4, -0.2) is 28.6 Å². The average Bonchev–Trinajstić information content (AvgIpc) is 2.28. The molecular weight excluding hydrogens is 218 g/mol. The van der Waals surface area contributed by atoms with Crippen molar-refractivity contribution < 1.29 is 9.47 Å². The van der Waals surface area contributed by atoms with Crippen molar-refractivity contribution in [2.45, 2.75) is 52.0 Å². The van der Waals surface area contributed by atoms with E-state index in [1.54, 1.807) is 0 Å². The molecule has 0 heterocycles. The minimum absolute atomic E-state index is 0.0593. The molecule has 0 bridgehead atoms. The van der Waals surface area contributed by atoms with Gasteiger partial charge in [-0.1, -0.05) is 19.4 Å². The van der Waals surface area contributed by atoms with Gasteiger partial charge in [0.15, 0.2) is 0 Å². The summed E-state index contributed by atoms with van der Waals surface area (Å²) in [6.07, 6.45) is 3.07. The summed E-state index contributed by atoms with van der Waals surface area (Å²) in [6, 6.07) is 3.39. The Morgan fingerprint density at radius 2 is 1.75 bits per heavy atom. The van der Waals surface area contributed by atoms with E-state index in [1.807, 2.05) is 13.8 Å². The molecule has 92 valence electrons. The van der Waals surface area contributed by atoms with E-state index in [4.69, 9.17) is 14.7 Å². The Morgan fingerprint density at radius 1 is 1.12 bits per heavy atom. The van der Waals surface area contributed by atoms with Crippen LogP contribution in [0.1, 0.15) is 40.0 Å². The highest BCUT2D eigenvalue weighted by Crippen LogP contribution is 2.13. The highest BCUT2D eigenvalue weighted by molar-refractivity contribution is 6.36. The van der Waals surface area contributed by atoms with E-state index in [0.717, 1.165) is 25.3 Å². The number of rotatable bonds is 10. The molecule has 1 atom stereocenters. The quantitative estimate of drug-likeness (QED) is 0.436. The lowest BCUT2D eigenvalue weighted by molar-refractivity contribution is -0.0828. The summed E-state index contributed by atoms with van der Waals surface area (Å²) < 4.78 is 10.9. The predicted octanol–water partition coefficient (Wildman–Crippen LogP) is 2.80. The molecule has 0 N–H and O–H groups in total. The van der Waals surface area contributed by atoms with Gasteiger partial charge in [0.2, 0.25) is 0 Å². The standard InChI is InChI=1S/C12H23NO2Si/c1-4-7-11(10-13)8-9-16-12(14-5-2)15-6-3/h11-12H,4-9H2,1-3H3. The van der Waals surface area contributed by atoms with Gasteiger partial charge in [-0.25, -0.2) is 0 Å². The number of nitrogens with zero attached hydrogens (tertiary/aromatic N) is 1. The first-order chi connectivity index (χ1) is 7.78. The summed E-state index contributed by atoms with van der Waals surface area (Å²) >= 11 is 0. The van der Waals surface area contributed by atoms with Gasteiger partial charge in [-0.15, -0.1) is 0 Å². The van der Waals surface area contributed by atoms with Crippen LogP contribution < -0.4 is 0 Å². The predicted molar refractivity (Wildman–Crippen MR) is 66.2 cm³/mol. The first kappa shape index (κ1) is 15.6. The van der Waals surface area contributed by atoms with Crippen molar-refractivity contribution in [1.29, 1.82) is 5.26 Å². The molecule has 0 amide bonds. The second-order valence-corrected chi connectivity index (χ2v) is 4.98. The smallest absolute Gasteiger partial charge is 0.137 e. The van der Waals surface area contributed by atoms with Crippen LogP contribution in [-0.2, 0) is 9.47 Å². The molecule has 0 aliphatic heterocycles. The number of hydrogen-bond acceptors (Lipinski definition) is 3. The third-order valence-corrected chi connectivity index (χ3v) is 3.50. The van der Waals surface area contributed by atoms with E-state index < -0.39 is 0 Å².